The topological polar surface area (TPSA) is 75.3 Å². The fourth-order valence-electron chi connectivity index (χ4n) is 3.06. The summed E-state index contributed by atoms with van der Waals surface area (Å²) in [6.07, 6.45) is 7.07. The third kappa shape index (κ3) is 4.74. The quantitative estimate of drug-likeness (QED) is 0.812. The number of carbonyl (C=O) groups excluding carboxylic acids is 1. The Hall–Kier alpha value is -0.620. The summed E-state index contributed by atoms with van der Waals surface area (Å²) in [6.45, 7) is 1.86. The van der Waals surface area contributed by atoms with Gasteiger partial charge in [-0.15, -0.1) is 0 Å². The number of hydrogen-bond donors (Lipinski definition) is 2. The first-order valence-corrected chi connectivity index (χ1v) is 9.55. The lowest BCUT2D eigenvalue weighted by Gasteiger charge is -2.28. The van der Waals surface area contributed by atoms with Gasteiger partial charge in [-0.1, -0.05) is 19.3 Å². The lowest BCUT2D eigenvalue weighted by atomic mass is 9.95. The first-order valence-electron chi connectivity index (χ1n) is 7.73. The number of rotatable bonds is 4. The highest BCUT2D eigenvalue weighted by molar-refractivity contribution is 7.91. The van der Waals surface area contributed by atoms with Gasteiger partial charge in [0.15, 0.2) is 0 Å². The van der Waals surface area contributed by atoms with Crippen molar-refractivity contribution in [2.75, 3.05) is 11.5 Å². The van der Waals surface area contributed by atoms with Gasteiger partial charge in [0, 0.05) is 12.1 Å². The van der Waals surface area contributed by atoms with Crippen molar-refractivity contribution >= 4 is 15.7 Å². The van der Waals surface area contributed by atoms with Gasteiger partial charge in [-0.2, -0.15) is 0 Å². The highest BCUT2D eigenvalue weighted by atomic mass is 32.2. The first kappa shape index (κ1) is 15.8. The SMILES string of the molecule is CC(NC1CCS(=O)(=O)CC1)C(=O)NC1CCCCC1. The number of hydrogen-bond acceptors (Lipinski definition) is 4. The maximum Gasteiger partial charge on any atom is 0.237 e. The Balaban J connectivity index is 1.73. The van der Waals surface area contributed by atoms with Crippen LogP contribution in [0.5, 0.6) is 0 Å². The average Bonchev–Trinajstić information content (AvgIpc) is 2.42. The maximum absolute atomic E-state index is 12.1. The minimum atomic E-state index is -2.83. The molecule has 116 valence electrons. The second-order valence-electron chi connectivity index (χ2n) is 6.16. The van der Waals surface area contributed by atoms with Crippen LogP contribution in [-0.2, 0) is 14.6 Å². The molecule has 6 heteroatoms. The van der Waals surface area contributed by atoms with E-state index >= 15 is 0 Å². The van der Waals surface area contributed by atoms with Crippen LogP contribution in [0.2, 0.25) is 0 Å². The molecule has 1 aliphatic carbocycles. The predicted octanol–water partition coefficient (Wildman–Crippen LogP) is 0.991. The second-order valence-corrected chi connectivity index (χ2v) is 8.46. The summed E-state index contributed by atoms with van der Waals surface area (Å²) in [4.78, 5) is 12.1. The Bertz CT molecular complexity index is 416. The second kappa shape index (κ2) is 6.89. The van der Waals surface area contributed by atoms with Crippen LogP contribution in [0.1, 0.15) is 51.9 Å². The van der Waals surface area contributed by atoms with Gasteiger partial charge in [0.25, 0.3) is 0 Å². The molecule has 1 atom stereocenters. The normalized spacial score (nSPS) is 26.1. The van der Waals surface area contributed by atoms with Gasteiger partial charge in [-0.25, -0.2) is 8.42 Å². The number of carbonyl (C=O) groups is 1. The van der Waals surface area contributed by atoms with Crippen molar-refractivity contribution in [1.82, 2.24) is 10.6 Å². The van der Waals surface area contributed by atoms with Crippen molar-refractivity contribution in [3.8, 4) is 0 Å². The zero-order valence-electron chi connectivity index (χ0n) is 12.2. The average molecular weight is 302 g/mol. The van der Waals surface area contributed by atoms with Crippen molar-refractivity contribution in [1.29, 1.82) is 0 Å². The molecular weight excluding hydrogens is 276 g/mol. The van der Waals surface area contributed by atoms with Gasteiger partial charge >= 0.3 is 0 Å². The summed E-state index contributed by atoms with van der Waals surface area (Å²) in [5, 5.41) is 6.37. The van der Waals surface area contributed by atoms with E-state index in [0.29, 0.717) is 18.9 Å². The van der Waals surface area contributed by atoms with Crippen LogP contribution < -0.4 is 10.6 Å². The molecule has 1 saturated heterocycles. The molecule has 0 bridgehead atoms. The molecule has 1 unspecified atom stereocenters. The molecule has 1 saturated carbocycles. The van der Waals surface area contributed by atoms with Gasteiger partial charge in [-0.3, -0.25) is 4.79 Å². The summed E-state index contributed by atoms with van der Waals surface area (Å²) >= 11 is 0. The van der Waals surface area contributed by atoms with Crippen LogP contribution in [0, 0.1) is 0 Å². The van der Waals surface area contributed by atoms with Gasteiger partial charge in [-0.05, 0) is 32.6 Å². The Labute approximate surface area is 121 Å². The van der Waals surface area contributed by atoms with Crippen LogP contribution in [0.15, 0.2) is 0 Å². The largest absolute Gasteiger partial charge is 0.352 e. The lowest BCUT2D eigenvalue weighted by molar-refractivity contribution is -0.123. The van der Waals surface area contributed by atoms with Gasteiger partial charge < -0.3 is 10.6 Å². The molecule has 0 radical (unpaired) electrons. The summed E-state index contributed by atoms with van der Waals surface area (Å²) in [7, 11) is -2.83. The van der Waals surface area contributed by atoms with Crippen LogP contribution in [0.25, 0.3) is 0 Å². The molecule has 0 aromatic carbocycles. The van der Waals surface area contributed by atoms with Crippen molar-refractivity contribution < 1.29 is 13.2 Å². The molecule has 2 aliphatic rings. The fourth-order valence-corrected chi connectivity index (χ4v) is 4.55. The Morgan fingerprint density at radius 2 is 1.60 bits per heavy atom. The summed E-state index contributed by atoms with van der Waals surface area (Å²) in [5.41, 5.74) is 0. The fraction of sp³-hybridized carbons (Fsp3) is 0.929. The number of nitrogens with one attached hydrogen (secondary N) is 2. The molecule has 1 heterocycles. The minimum absolute atomic E-state index is 0.0466. The zero-order valence-corrected chi connectivity index (χ0v) is 13.0. The molecule has 1 amide bonds. The highest BCUT2D eigenvalue weighted by Gasteiger charge is 2.26. The standard InChI is InChI=1S/C14H26N2O3S/c1-11(14(17)16-12-5-3-2-4-6-12)15-13-7-9-20(18,19)10-8-13/h11-13,15H,2-10H2,1H3,(H,16,17). The third-order valence-corrected chi connectivity index (χ3v) is 6.10. The first-order chi connectivity index (χ1) is 9.46. The van der Waals surface area contributed by atoms with Crippen LogP contribution >= 0.6 is 0 Å². The van der Waals surface area contributed by atoms with E-state index in [0.717, 1.165) is 12.8 Å². The molecule has 5 nitrogen and oxygen atoms in total. The number of sulfone groups is 1. The van der Waals surface area contributed by atoms with Crippen LogP contribution in [-0.4, -0.2) is 44.0 Å². The van der Waals surface area contributed by atoms with Crippen molar-refractivity contribution in [2.24, 2.45) is 0 Å². The van der Waals surface area contributed by atoms with E-state index in [2.05, 4.69) is 10.6 Å². The summed E-state index contributed by atoms with van der Waals surface area (Å²) in [5.74, 6) is 0.522. The van der Waals surface area contributed by atoms with Crippen molar-refractivity contribution in [3.05, 3.63) is 0 Å². The third-order valence-electron chi connectivity index (χ3n) is 4.39. The smallest absolute Gasteiger partial charge is 0.237 e. The van der Waals surface area contributed by atoms with E-state index in [-0.39, 0.29) is 29.5 Å². The minimum Gasteiger partial charge on any atom is -0.352 e. The monoisotopic (exact) mass is 302 g/mol. The van der Waals surface area contributed by atoms with Crippen molar-refractivity contribution in [2.45, 2.75) is 70.0 Å². The maximum atomic E-state index is 12.1. The van der Waals surface area contributed by atoms with Gasteiger partial charge in [0.1, 0.15) is 9.84 Å². The van der Waals surface area contributed by atoms with E-state index < -0.39 is 9.84 Å². The highest BCUT2D eigenvalue weighted by Crippen LogP contribution is 2.17. The molecule has 0 aromatic heterocycles. The Morgan fingerprint density at radius 1 is 1.00 bits per heavy atom. The van der Waals surface area contributed by atoms with E-state index in [4.69, 9.17) is 0 Å². The Kier molecular flexibility index (Phi) is 5.43. The number of amides is 1. The van der Waals surface area contributed by atoms with E-state index in [1.54, 1.807) is 0 Å². The molecule has 0 aromatic rings. The van der Waals surface area contributed by atoms with E-state index in [9.17, 15) is 13.2 Å². The van der Waals surface area contributed by atoms with Gasteiger partial charge in [0.2, 0.25) is 5.91 Å². The van der Waals surface area contributed by atoms with E-state index in [1.807, 2.05) is 6.92 Å². The molecule has 0 spiro atoms. The molecular formula is C14H26N2O3S. The summed E-state index contributed by atoms with van der Waals surface area (Å²) < 4.78 is 22.7. The van der Waals surface area contributed by atoms with Gasteiger partial charge in [0.05, 0.1) is 17.5 Å². The molecule has 20 heavy (non-hydrogen) atoms. The summed E-state index contributed by atoms with van der Waals surface area (Å²) in [6, 6.07) is 0.223. The lowest BCUT2D eigenvalue weighted by Crippen LogP contribution is -2.51. The predicted molar refractivity (Wildman–Crippen MR) is 79.3 cm³/mol. The Morgan fingerprint density at radius 3 is 2.20 bits per heavy atom. The van der Waals surface area contributed by atoms with E-state index in [1.165, 1.54) is 19.3 Å². The molecule has 2 N–H and O–H groups in total. The zero-order chi connectivity index (χ0) is 14.6. The van der Waals surface area contributed by atoms with Crippen molar-refractivity contribution in [3.63, 3.8) is 0 Å². The molecule has 2 fully saturated rings. The van der Waals surface area contributed by atoms with Crippen LogP contribution in [0.3, 0.4) is 0 Å². The molecule has 2 rings (SSSR count). The molecule has 1 aliphatic heterocycles. The van der Waals surface area contributed by atoms with Crippen LogP contribution in [0.4, 0.5) is 0 Å².